The molecule has 0 atom stereocenters. The Bertz CT molecular complexity index is 755. The summed E-state index contributed by atoms with van der Waals surface area (Å²) in [4.78, 5) is 4.38. The third-order valence-electron chi connectivity index (χ3n) is 3.13. The highest BCUT2D eigenvalue weighted by atomic mass is 35.5. The zero-order chi connectivity index (χ0) is 14.1. The molecule has 0 aliphatic heterocycles. The predicted molar refractivity (Wildman–Crippen MR) is 77.1 cm³/mol. The van der Waals surface area contributed by atoms with Crippen LogP contribution < -0.4 is 4.74 Å². The summed E-state index contributed by atoms with van der Waals surface area (Å²) in [6, 6.07) is 12.7. The van der Waals surface area contributed by atoms with Crippen molar-refractivity contribution in [3.8, 4) is 11.4 Å². The summed E-state index contributed by atoms with van der Waals surface area (Å²) in [6.45, 7) is 0. The molecule has 0 spiro atoms. The molecule has 5 heteroatoms. The number of imidazole rings is 1. The largest absolute Gasteiger partial charge is 0.494 e. The Morgan fingerprint density at radius 1 is 1.25 bits per heavy atom. The molecule has 0 fully saturated rings. The summed E-state index contributed by atoms with van der Waals surface area (Å²) in [6.07, 6.45) is 0. The van der Waals surface area contributed by atoms with E-state index in [1.54, 1.807) is 6.07 Å². The molecule has 0 amide bonds. The quantitative estimate of drug-likeness (QED) is 0.684. The molecule has 0 aliphatic rings. The van der Waals surface area contributed by atoms with Crippen molar-refractivity contribution in [2.24, 2.45) is 0 Å². The number of alkyl halides is 1. The summed E-state index contributed by atoms with van der Waals surface area (Å²) in [5.41, 5.74) is 2.26. The van der Waals surface area contributed by atoms with E-state index in [1.807, 2.05) is 34.9 Å². The highest BCUT2D eigenvalue weighted by molar-refractivity contribution is 6.17. The Hall–Kier alpha value is -2.07. The number of ether oxygens (including phenoxy) is 1. The number of aromatic nitrogens is 2. The minimum atomic E-state index is -0.432. The van der Waals surface area contributed by atoms with Crippen LogP contribution in [0.2, 0.25) is 0 Å². The Morgan fingerprint density at radius 2 is 2.00 bits per heavy atom. The first-order valence-electron chi connectivity index (χ1n) is 6.11. The summed E-state index contributed by atoms with van der Waals surface area (Å²) < 4.78 is 20.7. The number of para-hydroxylation sites is 1. The van der Waals surface area contributed by atoms with Crippen molar-refractivity contribution in [3.63, 3.8) is 0 Å². The van der Waals surface area contributed by atoms with Crippen LogP contribution in [0.5, 0.6) is 5.75 Å². The van der Waals surface area contributed by atoms with Gasteiger partial charge in [0.25, 0.3) is 0 Å². The van der Waals surface area contributed by atoms with Crippen molar-refractivity contribution in [1.82, 2.24) is 9.55 Å². The second-order valence-corrected chi connectivity index (χ2v) is 4.58. The van der Waals surface area contributed by atoms with Gasteiger partial charge in [0.15, 0.2) is 11.6 Å². The van der Waals surface area contributed by atoms with E-state index in [0.29, 0.717) is 11.3 Å². The van der Waals surface area contributed by atoms with Crippen LogP contribution in [0.3, 0.4) is 0 Å². The Balaban J connectivity index is 2.34. The average molecular weight is 291 g/mol. The van der Waals surface area contributed by atoms with E-state index >= 15 is 0 Å². The standard InChI is InChI=1S/C15H12ClFN2O/c1-20-14-8-13-12(7-11(14)17)18-15(9-16)19(13)10-5-3-2-4-6-10/h2-8H,9H2,1H3. The average Bonchev–Trinajstić information content (AvgIpc) is 2.84. The Labute approximate surface area is 120 Å². The van der Waals surface area contributed by atoms with Gasteiger partial charge < -0.3 is 4.74 Å². The van der Waals surface area contributed by atoms with Gasteiger partial charge in [-0.15, -0.1) is 11.6 Å². The normalized spacial score (nSPS) is 10.9. The molecule has 0 saturated carbocycles. The van der Waals surface area contributed by atoms with Crippen LogP contribution in [0, 0.1) is 5.82 Å². The zero-order valence-corrected chi connectivity index (χ0v) is 11.6. The lowest BCUT2D eigenvalue weighted by Gasteiger charge is -2.08. The lowest BCUT2D eigenvalue weighted by Crippen LogP contribution is -1.99. The van der Waals surface area contributed by atoms with Crippen LogP contribution in [0.25, 0.3) is 16.7 Å². The van der Waals surface area contributed by atoms with E-state index in [-0.39, 0.29) is 11.6 Å². The van der Waals surface area contributed by atoms with Gasteiger partial charge in [-0.05, 0) is 12.1 Å². The zero-order valence-electron chi connectivity index (χ0n) is 10.8. The highest BCUT2D eigenvalue weighted by Crippen LogP contribution is 2.28. The van der Waals surface area contributed by atoms with Crippen LogP contribution >= 0.6 is 11.6 Å². The number of hydrogen-bond acceptors (Lipinski definition) is 2. The fourth-order valence-corrected chi connectivity index (χ4v) is 2.42. The smallest absolute Gasteiger partial charge is 0.167 e. The van der Waals surface area contributed by atoms with Gasteiger partial charge in [-0.25, -0.2) is 9.37 Å². The molecule has 3 nitrogen and oxygen atoms in total. The number of fused-ring (bicyclic) bond motifs is 1. The second-order valence-electron chi connectivity index (χ2n) is 4.31. The fraction of sp³-hybridized carbons (Fsp3) is 0.133. The molecule has 0 radical (unpaired) electrons. The topological polar surface area (TPSA) is 27.1 Å². The van der Waals surface area contributed by atoms with Crippen molar-refractivity contribution in [3.05, 3.63) is 54.1 Å². The van der Waals surface area contributed by atoms with E-state index in [9.17, 15) is 4.39 Å². The van der Waals surface area contributed by atoms with E-state index < -0.39 is 5.82 Å². The summed E-state index contributed by atoms with van der Waals surface area (Å²) in [7, 11) is 1.44. The number of rotatable bonds is 3. The lowest BCUT2D eigenvalue weighted by molar-refractivity contribution is 0.387. The van der Waals surface area contributed by atoms with Crippen molar-refractivity contribution in [2.45, 2.75) is 5.88 Å². The van der Waals surface area contributed by atoms with Gasteiger partial charge >= 0.3 is 0 Å². The first-order valence-corrected chi connectivity index (χ1v) is 6.64. The van der Waals surface area contributed by atoms with Crippen LogP contribution in [0.4, 0.5) is 4.39 Å². The third-order valence-corrected chi connectivity index (χ3v) is 3.37. The van der Waals surface area contributed by atoms with E-state index in [1.165, 1.54) is 13.2 Å². The Kier molecular flexibility index (Phi) is 3.32. The predicted octanol–water partition coefficient (Wildman–Crippen LogP) is 3.91. The maximum absolute atomic E-state index is 13.8. The van der Waals surface area contributed by atoms with Gasteiger partial charge in [0.2, 0.25) is 0 Å². The number of hydrogen-bond donors (Lipinski definition) is 0. The second kappa shape index (κ2) is 5.13. The molecule has 0 bridgehead atoms. The van der Waals surface area contributed by atoms with Gasteiger partial charge in [0.05, 0.1) is 24.0 Å². The highest BCUT2D eigenvalue weighted by Gasteiger charge is 2.15. The first-order chi connectivity index (χ1) is 9.74. The van der Waals surface area contributed by atoms with Gasteiger partial charge in [-0.1, -0.05) is 18.2 Å². The maximum Gasteiger partial charge on any atom is 0.167 e. The molecular weight excluding hydrogens is 279 g/mol. The molecule has 2 aromatic carbocycles. The van der Waals surface area contributed by atoms with Crippen molar-refractivity contribution in [1.29, 1.82) is 0 Å². The van der Waals surface area contributed by atoms with Gasteiger partial charge in [-0.3, -0.25) is 4.57 Å². The third kappa shape index (κ3) is 2.02. The van der Waals surface area contributed by atoms with Crippen molar-refractivity contribution in [2.75, 3.05) is 7.11 Å². The fourth-order valence-electron chi connectivity index (χ4n) is 2.24. The number of benzene rings is 2. The molecule has 0 aliphatic carbocycles. The molecule has 1 aromatic heterocycles. The molecule has 0 N–H and O–H groups in total. The summed E-state index contributed by atoms with van der Waals surface area (Å²) in [5, 5.41) is 0. The summed E-state index contributed by atoms with van der Waals surface area (Å²) >= 11 is 5.96. The SMILES string of the molecule is COc1cc2c(cc1F)nc(CCl)n2-c1ccccc1. The Morgan fingerprint density at radius 3 is 2.65 bits per heavy atom. The molecule has 0 unspecified atom stereocenters. The summed E-state index contributed by atoms with van der Waals surface area (Å²) in [5.74, 6) is 0.670. The van der Waals surface area contributed by atoms with E-state index in [4.69, 9.17) is 16.3 Å². The van der Waals surface area contributed by atoms with Crippen LogP contribution in [0.1, 0.15) is 5.82 Å². The van der Waals surface area contributed by atoms with E-state index in [0.717, 1.165) is 11.2 Å². The van der Waals surface area contributed by atoms with Crippen LogP contribution in [0.15, 0.2) is 42.5 Å². The van der Waals surface area contributed by atoms with Gasteiger partial charge in [0, 0.05) is 17.8 Å². The lowest BCUT2D eigenvalue weighted by atomic mass is 10.2. The first kappa shape index (κ1) is 12.9. The van der Waals surface area contributed by atoms with Gasteiger partial charge in [-0.2, -0.15) is 0 Å². The molecule has 20 heavy (non-hydrogen) atoms. The minimum absolute atomic E-state index is 0.190. The van der Waals surface area contributed by atoms with E-state index in [2.05, 4.69) is 4.98 Å². The van der Waals surface area contributed by atoms with Crippen LogP contribution in [-0.2, 0) is 5.88 Å². The van der Waals surface area contributed by atoms with Crippen molar-refractivity contribution < 1.29 is 9.13 Å². The van der Waals surface area contributed by atoms with Crippen molar-refractivity contribution >= 4 is 22.6 Å². The molecule has 0 saturated heterocycles. The number of nitrogens with zero attached hydrogens (tertiary/aromatic N) is 2. The maximum atomic E-state index is 13.8. The van der Waals surface area contributed by atoms with Crippen LogP contribution in [-0.4, -0.2) is 16.7 Å². The van der Waals surface area contributed by atoms with Gasteiger partial charge in [0.1, 0.15) is 5.82 Å². The number of halogens is 2. The molecule has 3 aromatic rings. The molecular formula is C15H12ClFN2O. The molecule has 3 rings (SSSR count). The molecule has 1 heterocycles. The minimum Gasteiger partial charge on any atom is -0.494 e. The molecule has 102 valence electrons. The monoisotopic (exact) mass is 290 g/mol. The number of methoxy groups -OCH3 is 1.